The predicted octanol–water partition coefficient (Wildman–Crippen LogP) is 0.827. The molecule has 1 unspecified atom stereocenters. The lowest BCUT2D eigenvalue weighted by Gasteiger charge is -2.13. The highest BCUT2D eigenvalue weighted by Gasteiger charge is 2.15. The number of rotatable bonds is 3. The van der Waals surface area contributed by atoms with Crippen LogP contribution in [-0.4, -0.2) is 44.3 Å². The zero-order valence-corrected chi connectivity index (χ0v) is 8.38. The molecular formula is C9H18N2O2. The number of urea groups is 1. The van der Waals surface area contributed by atoms with Gasteiger partial charge in [0.2, 0.25) is 0 Å². The van der Waals surface area contributed by atoms with Crippen molar-refractivity contribution >= 4 is 6.03 Å². The third kappa shape index (κ3) is 3.63. The molecule has 1 fully saturated rings. The summed E-state index contributed by atoms with van der Waals surface area (Å²) >= 11 is 0. The number of hydrogen-bond donors (Lipinski definition) is 1. The molecule has 0 aromatic heterocycles. The Morgan fingerprint density at radius 3 is 2.92 bits per heavy atom. The first-order chi connectivity index (χ1) is 6.20. The highest BCUT2D eigenvalue weighted by molar-refractivity contribution is 5.73. The number of carbonyl (C=O) groups is 1. The molecule has 1 aliphatic rings. The molecule has 4 nitrogen and oxygen atoms in total. The van der Waals surface area contributed by atoms with Gasteiger partial charge in [0, 0.05) is 27.2 Å². The molecule has 1 saturated heterocycles. The van der Waals surface area contributed by atoms with E-state index in [2.05, 4.69) is 5.32 Å². The van der Waals surface area contributed by atoms with Crippen LogP contribution in [-0.2, 0) is 4.74 Å². The van der Waals surface area contributed by atoms with Crippen molar-refractivity contribution in [2.24, 2.45) is 0 Å². The van der Waals surface area contributed by atoms with Gasteiger partial charge >= 0.3 is 6.03 Å². The molecule has 0 radical (unpaired) electrons. The molecular weight excluding hydrogens is 168 g/mol. The van der Waals surface area contributed by atoms with Crippen molar-refractivity contribution in [1.29, 1.82) is 0 Å². The molecule has 2 amide bonds. The topological polar surface area (TPSA) is 41.6 Å². The first-order valence-corrected chi connectivity index (χ1v) is 4.77. The average Bonchev–Trinajstić information content (AvgIpc) is 2.56. The molecule has 13 heavy (non-hydrogen) atoms. The summed E-state index contributed by atoms with van der Waals surface area (Å²) in [6.45, 7) is 1.59. The van der Waals surface area contributed by atoms with Crippen molar-refractivity contribution in [1.82, 2.24) is 10.2 Å². The Kier molecular flexibility index (Phi) is 4.02. The quantitative estimate of drug-likeness (QED) is 0.709. The molecule has 1 rings (SSSR count). The fourth-order valence-corrected chi connectivity index (χ4v) is 1.37. The number of carbonyl (C=O) groups excluding carboxylic acids is 1. The first-order valence-electron chi connectivity index (χ1n) is 4.77. The Hall–Kier alpha value is -0.770. The zero-order chi connectivity index (χ0) is 9.68. The molecule has 0 saturated carbocycles. The average molecular weight is 186 g/mol. The smallest absolute Gasteiger partial charge is 0.316 e. The second-order valence-electron chi connectivity index (χ2n) is 3.55. The summed E-state index contributed by atoms with van der Waals surface area (Å²) in [5.74, 6) is 0. The van der Waals surface area contributed by atoms with Crippen molar-refractivity contribution in [3.63, 3.8) is 0 Å². The van der Waals surface area contributed by atoms with Gasteiger partial charge in [-0.2, -0.15) is 0 Å². The Bertz CT molecular complexity index is 165. The predicted molar refractivity (Wildman–Crippen MR) is 50.7 cm³/mol. The van der Waals surface area contributed by atoms with Crippen molar-refractivity contribution in [3.8, 4) is 0 Å². The molecule has 0 spiro atoms. The maximum Gasteiger partial charge on any atom is 0.316 e. The van der Waals surface area contributed by atoms with Gasteiger partial charge in [0.05, 0.1) is 6.10 Å². The van der Waals surface area contributed by atoms with E-state index < -0.39 is 0 Å². The lowest BCUT2D eigenvalue weighted by molar-refractivity contribution is 0.104. The zero-order valence-electron chi connectivity index (χ0n) is 8.38. The van der Waals surface area contributed by atoms with Crippen LogP contribution in [0.5, 0.6) is 0 Å². The maximum absolute atomic E-state index is 11.1. The summed E-state index contributed by atoms with van der Waals surface area (Å²) in [5, 5.41) is 2.82. The Morgan fingerprint density at radius 1 is 1.62 bits per heavy atom. The van der Waals surface area contributed by atoms with E-state index in [1.54, 1.807) is 14.1 Å². The molecule has 0 aliphatic carbocycles. The van der Waals surface area contributed by atoms with E-state index in [0.717, 1.165) is 25.9 Å². The summed E-state index contributed by atoms with van der Waals surface area (Å²) in [4.78, 5) is 12.6. The number of ether oxygens (including phenoxy) is 1. The third-order valence-corrected chi connectivity index (χ3v) is 2.17. The van der Waals surface area contributed by atoms with E-state index in [1.807, 2.05) is 0 Å². The Balaban J connectivity index is 2.03. The molecule has 1 atom stereocenters. The van der Waals surface area contributed by atoms with Gasteiger partial charge in [0.15, 0.2) is 0 Å². The number of hydrogen-bond acceptors (Lipinski definition) is 2. The van der Waals surface area contributed by atoms with Crippen LogP contribution in [0.4, 0.5) is 4.79 Å². The van der Waals surface area contributed by atoms with E-state index in [4.69, 9.17) is 4.74 Å². The standard InChI is InChI=1S/C9H18N2O2/c1-11(2)9(12)10-6-5-8-4-3-7-13-8/h8H,3-7H2,1-2H3,(H,10,12). The van der Waals surface area contributed by atoms with E-state index in [0.29, 0.717) is 12.6 Å². The van der Waals surface area contributed by atoms with E-state index >= 15 is 0 Å². The van der Waals surface area contributed by atoms with Gasteiger partial charge < -0.3 is 15.0 Å². The van der Waals surface area contributed by atoms with Crippen molar-refractivity contribution in [2.45, 2.75) is 25.4 Å². The van der Waals surface area contributed by atoms with E-state index in [1.165, 1.54) is 4.90 Å². The second kappa shape index (κ2) is 5.07. The van der Waals surface area contributed by atoms with Crippen LogP contribution in [0.1, 0.15) is 19.3 Å². The number of amides is 2. The van der Waals surface area contributed by atoms with Crippen LogP contribution in [0, 0.1) is 0 Å². The van der Waals surface area contributed by atoms with Gasteiger partial charge in [0.1, 0.15) is 0 Å². The lowest BCUT2D eigenvalue weighted by Crippen LogP contribution is -2.35. The molecule has 1 heterocycles. The normalized spacial score (nSPS) is 21.5. The summed E-state index contributed by atoms with van der Waals surface area (Å²) in [7, 11) is 3.48. The van der Waals surface area contributed by atoms with Crippen LogP contribution in [0.25, 0.3) is 0 Å². The number of nitrogens with one attached hydrogen (secondary N) is 1. The minimum atomic E-state index is -0.0296. The van der Waals surface area contributed by atoms with Gasteiger partial charge in [-0.3, -0.25) is 0 Å². The monoisotopic (exact) mass is 186 g/mol. The van der Waals surface area contributed by atoms with Crippen LogP contribution < -0.4 is 5.32 Å². The summed E-state index contributed by atoms with van der Waals surface area (Å²) in [5.41, 5.74) is 0. The van der Waals surface area contributed by atoms with Crippen LogP contribution >= 0.6 is 0 Å². The molecule has 4 heteroatoms. The van der Waals surface area contributed by atoms with Crippen molar-refractivity contribution in [2.75, 3.05) is 27.2 Å². The van der Waals surface area contributed by atoms with Gasteiger partial charge in [0.25, 0.3) is 0 Å². The fraction of sp³-hybridized carbons (Fsp3) is 0.889. The molecule has 1 aliphatic heterocycles. The van der Waals surface area contributed by atoms with E-state index in [-0.39, 0.29) is 6.03 Å². The van der Waals surface area contributed by atoms with Crippen LogP contribution in [0.15, 0.2) is 0 Å². The van der Waals surface area contributed by atoms with Gasteiger partial charge in [-0.15, -0.1) is 0 Å². The summed E-state index contributed by atoms with van der Waals surface area (Å²) in [6.07, 6.45) is 3.59. The highest BCUT2D eigenvalue weighted by Crippen LogP contribution is 2.14. The highest BCUT2D eigenvalue weighted by atomic mass is 16.5. The number of nitrogens with zero attached hydrogens (tertiary/aromatic N) is 1. The van der Waals surface area contributed by atoms with E-state index in [9.17, 15) is 4.79 Å². The molecule has 1 N–H and O–H groups in total. The third-order valence-electron chi connectivity index (χ3n) is 2.17. The Labute approximate surface area is 79.2 Å². The lowest BCUT2D eigenvalue weighted by atomic mass is 10.2. The molecule has 0 bridgehead atoms. The van der Waals surface area contributed by atoms with Gasteiger partial charge in [-0.05, 0) is 19.3 Å². The van der Waals surface area contributed by atoms with Crippen molar-refractivity contribution in [3.05, 3.63) is 0 Å². The fourth-order valence-electron chi connectivity index (χ4n) is 1.37. The summed E-state index contributed by atoms with van der Waals surface area (Å²) < 4.78 is 5.43. The van der Waals surface area contributed by atoms with Crippen LogP contribution in [0.2, 0.25) is 0 Å². The first kappa shape index (κ1) is 10.3. The second-order valence-corrected chi connectivity index (χ2v) is 3.55. The molecule has 0 aromatic rings. The largest absolute Gasteiger partial charge is 0.378 e. The van der Waals surface area contributed by atoms with Gasteiger partial charge in [-0.1, -0.05) is 0 Å². The van der Waals surface area contributed by atoms with Gasteiger partial charge in [-0.25, -0.2) is 4.79 Å². The maximum atomic E-state index is 11.1. The minimum absolute atomic E-state index is 0.0296. The van der Waals surface area contributed by atoms with Crippen molar-refractivity contribution < 1.29 is 9.53 Å². The molecule has 76 valence electrons. The summed E-state index contributed by atoms with van der Waals surface area (Å²) in [6, 6.07) is -0.0296. The van der Waals surface area contributed by atoms with Crippen LogP contribution in [0.3, 0.4) is 0 Å². The Morgan fingerprint density at radius 2 is 2.38 bits per heavy atom. The minimum Gasteiger partial charge on any atom is -0.378 e. The molecule has 0 aromatic carbocycles. The SMILES string of the molecule is CN(C)C(=O)NCCC1CCCO1.